The lowest BCUT2D eigenvalue weighted by molar-refractivity contribution is 0.265. The van der Waals surface area contributed by atoms with Crippen molar-refractivity contribution < 1.29 is 23.2 Å². The van der Waals surface area contributed by atoms with Gasteiger partial charge >= 0.3 is 0 Å². The van der Waals surface area contributed by atoms with E-state index in [1.807, 2.05) is 0 Å². The maximum absolute atomic E-state index is 9.19. The first kappa shape index (κ1) is 14.0. The van der Waals surface area contributed by atoms with E-state index in [0.717, 1.165) is 0 Å². The molecular formula is C8H13NO5S. The lowest BCUT2D eigenvalue weighted by atomic mass is 10.3. The molecule has 0 bridgehead atoms. The standard InChI is InChI=1S/C7H9NO2.CH4O3S/c9-4-6-2-1-3-7(5-10)8-6;1-5(2,3)4/h1-3,9-10H,4-5H2;1H3,(H,2,3,4). The third-order valence-electron chi connectivity index (χ3n) is 1.19. The van der Waals surface area contributed by atoms with E-state index in [9.17, 15) is 8.42 Å². The molecule has 0 radical (unpaired) electrons. The number of nitrogens with zero attached hydrogens (tertiary/aromatic N) is 1. The van der Waals surface area contributed by atoms with Gasteiger partial charge in [0.25, 0.3) is 10.1 Å². The number of pyridine rings is 1. The molecular weight excluding hydrogens is 222 g/mol. The van der Waals surface area contributed by atoms with Crippen LogP contribution in [0.25, 0.3) is 0 Å². The Bertz CT molecular complexity index is 363. The highest BCUT2D eigenvalue weighted by molar-refractivity contribution is 7.85. The zero-order valence-corrected chi connectivity index (χ0v) is 8.98. The predicted molar refractivity (Wildman–Crippen MR) is 53.6 cm³/mol. The third-order valence-corrected chi connectivity index (χ3v) is 1.19. The van der Waals surface area contributed by atoms with Crippen molar-refractivity contribution >= 4 is 10.1 Å². The van der Waals surface area contributed by atoms with Gasteiger partial charge in [0.15, 0.2) is 0 Å². The molecule has 7 heteroatoms. The van der Waals surface area contributed by atoms with Crippen LogP contribution in [0.15, 0.2) is 18.2 Å². The van der Waals surface area contributed by atoms with Crippen molar-refractivity contribution in [1.82, 2.24) is 4.98 Å². The quantitative estimate of drug-likeness (QED) is 0.600. The second kappa shape index (κ2) is 6.46. The fourth-order valence-corrected chi connectivity index (χ4v) is 0.705. The van der Waals surface area contributed by atoms with Crippen LogP contribution in [0, 0.1) is 0 Å². The first-order chi connectivity index (χ1) is 6.86. The Labute approximate surface area is 88.0 Å². The SMILES string of the molecule is CS(=O)(=O)O.OCc1cccc(CO)n1. The predicted octanol–water partition coefficient (Wildman–Crippen LogP) is -0.430. The Balaban J connectivity index is 0.000000336. The van der Waals surface area contributed by atoms with Gasteiger partial charge < -0.3 is 10.2 Å². The molecule has 1 heterocycles. The van der Waals surface area contributed by atoms with Gasteiger partial charge in [-0.3, -0.25) is 9.54 Å². The minimum Gasteiger partial charge on any atom is -0.390 e. The second-order valence-corrected chi connectivity index (χ2v) is 4.14. The van der Waals surface area contributed by atoms with Crippen LogP contribution < -0.4 is 0 Å². The molecule has 0 amide bonds. The first-order valence-corrected chi connectivity index (χ1v) is 5.80. The van der Waals surface area contributed by atoms with Crippen LogP contribution in [0.1, 0.15) is 11.4 Å². The highest BCUT2D eigenvalue weighted by atomic mass is 32.2. The van der Waals surface area contributed by atoms with Crippen molar-refractivity contribution in [2.24, 2.45) is 0 Å². The molecule has 1 aromatic heterocycles. The highest BCUT2D eigenvalue weighted by Gasteiger charge is 1.92. The van der Waals surface area contributed by atoms with Gasteiger partial charge in [-0.1, -0.05) is 6.07 Å². The molecule has 0 saturated heterocycles. The monoisotopic (exact) mass is 235 g/mol. The van der Waals surface area contributed by atoms with Crippen molar-refractivity contribution in [1.29, 1.82) is 0 Å². The summed E-state index contributed by atoms with van der Waals surface area (Å²) in [5.41, 5.74) is 1.18. The summed E-state index contributed by atoms with van der Waals surface area (Å²) in [6, 6.07) is 5.17. The summed E-state index contributed by atoms with van der Waals surface area (Å²) in [5.74, 6) is 0. The number of hydrogen-bond acceptors (Lipinski definition) is 5. The van der Waals surface area contributed by atoms with E-state index in [2.05, 4.69) is 4.98 Å². The molecule has 86 valence electrons. The third kappa shape index (κ3) is 9.29. The molecule has 3 N–H and O–H groups in total. The second-order valence-electron chi connectivity index (χ2n) is 2.67. The van der Waals surface area contributed by atoms with Gasteiger partial charge in [0.05, 0.1) is 30.9 Å². The zero-order valence-electron chi connectivity index (χ0n) is 8.16. The van der Waals surface area contributed by atoms with Gasteiger partial charge in [-0.25, -0.2) is 0 Å². The largest absolute Gasteiger partial charge is 0.390 e. The van der Waals surface area contributed by atoms with Gasteiger partial charge in [-0.05, 0) is 12.1 Å². The van der Waals surface area contributed by atoms with Crippen molar-refractivity contribution in [2.75, 3.05) is 6.26 Å². The molecule has 0 atom stereocenters. The Morgan fingerprint density at radius 1 is 1.20 bits per heavy atom. The molecule has 0 aliphatic rings. The van der Waals surface area contributed by atoms with E-state index in [0.29, 0.717) is 17.6 Å². The van der Waals surface area contributed by atoms with Gasteiger partial charge in [0.2, 0.25) is 0 Å². The normalized spacial score (nSPS) is 10.4. The van der Waals surface area contributed by atoms with Crippen LogP contribution in [0.4, 0.5) is 0 Å². The first-order valence-electron chi connectivity index (χ1n) is 3.95. The Hall–Kier alpha value is -1.02. The van der Waals surface area contributed by atoms with Crippen molar-refractivity contribution in [3.05, 3.63) is 29.6 Å². The van der Waals surface area contributed by atoms with Crippen LogP contribution in [0.3, 0.4) is 0 Å². The molecule has 6 nitrogen and oxygen atoms in total. The number of aromatic nitrogens is 1. The van der Waals surface area contributed by atoms with Crippen LogP contribution in [0.2, 0.25) is 0 Å². The summed E-state index contributed by atoms with van der Waals surface area (Å²) in [6.07, 6.45) is 0.715. The van der Waals surface area contributed by atoms with E-state index in [-0.39, 0.29) is 13.2 Å². The summed E-state index contributed by atoms with van der Waals surface area (Å²) in [4.78, 5) is 3.91. The Kier molecular flexibility index (Phi) is 6.02. The summed E-state index contributed by atoms with van der Waals surface area (Å²) in [6.45, 7) is -0.151. The van der Waals surface area contributed by atoms with Gasteiger partial charge in [0.1, 0.15) is 0 Å². The van der Waals surface area contributed by atoms with E-state index in [4.69, 9.17) is 14.8 Å². The van der Waals surface area contributed by atoms with Crippen molar-refractivity contribution in [2.45, 2.75) is 13.2 Å². The van der Waals surface area contributed by atoms with E-state index < -0.39 is 10.1 Å². The number of hydrogen-bond donors (Lipinski definition) is 3. The molecule has 0 aliphatic heterocycles. The van der Waals surface area contributed by atoms with Crippen molar-refractivity contribution in [3.8, 4) is 0 Å². The molecule has 0 unspecified atom stereocenters. The summed E-state index contributed by atoms with van der Waals surface area (Å²) < 4.78 is 25.9. The summed E-state index contributed by atoms with van der Waals surface area (Å²) >= 11 is 0. The lowest BCUT2D eigenvalue weighted by Gasteiger charge is -1.96. The number of rotatable bonds is 2. The average Bonchev–Trinajstić information content (AvgIpc) is 2.15. The fourth-order valence-electron chi connectivity index (χ4n) is 0.705. The molecule has 15 heavy (non-hydrogen) atoms. The van der Waals surface area contributed by atoms with Gasteiger partial charge in [-0.15, -0.1) is 0 Å². The maximum atomic E-state index is 9.19. The number of aliphatic hydroxyl groups is 2. The minimum atomic E-state index is -3.67. The fraction of sp³-hybridized carbons (Fsp3) is 0.375. The van der Waals surface area contributed by atoms with E-state index in [1.54, 1.807) is 18.2 Å². The van der Waals surface area contributed by atoms with Gasteiger partial charge in [-0.2, -0.15) is 8.42 Å². The zero-order chi connectivity index (χ0) is 11.9. The van der Waals surface area contributed by atoms with Crippen LogP contribution in [0.5, 0.6) is 0 Å². The van der Waals surface area contributed by atoms with Crippen LogP contribution >= 0.6 is 0 Å². The molecule has 0 saturated carbocycles. The van der Waals surface area contributed by atoms with Crippen LogP contribution in [-0.2, 0) is 23.3 Å². The minimum absolute atomic E-state index is 0.0756. The van der Waals surface area contributed by atoms with E-state index in [1.165, 1.54) is 0 Å². The van der Waals surface area contributed by atoms with E-state index >= 15 is 0 Å². The molecule has 0 aromatic carbocycles. The summed E-state index contributed by atoms with van der Waals surface area (Å²) in [5, 5.41) is 17.2. The molecule has 1 rings (SSSR count). The molecule has 1 aromatic rings. The smallest absolute Gasteiger partial charge is 0.261 e. The van der Waals surface area contributed by atoms with Gasteiger partial charge in [0, 0.05) is 0 Å². The van der Waals surface area contributed by atoms with Crippen molar-refractivity contribution in [3.63, 3.8) is 0 Å². The highest BCUT2D eigenvalue weighted by Crippen LogP contribution is 1.98. The average molecular weight is 235 g/mol. The van der Waals surface area contributed by atoms with Crippen LogP contribution in [-0.4, -0.2) is 34.4 Å². The Morgan fingerprint density at radius 2 is 1.53 bits per heavy atom. The summed E-state index contributed by atoms with van der Waals surface area (Å²) in [7, 11) is -3.67. The molecule has 0 fully saturated rings. The molecule has 0 spiro atoms. The topological polar surface area (TPSA) is 108 Å². The maximum Gasteiger partial charge on any atom is 0.261 e. The number of aliphatic hydroxyl groups excluding tert-OH is 2. The lowest BCUT2D eigenvalue weighted by Crippen LogP contribution is -1.93. The molecule has 0 aliphatic carbocycles. The Morgan fingerprint density at radius 3 is 1.80 bits per heavy atom.